The second-order valence-electron chi connectivity index (χ2n) is 3.43. The molecule has 1 heterocycles. The Balaban J connectivity index is 2.77. The van der Waals surface area contributed by atoms with E-state index in [9.17, 15) is 14.4 Å². The van der Waals surface area contributed by atoms with Crippen molar-refractivity contribution in [2.24, 2.45) is 0 Å². The SMILES string of the molecule is O=C(O)c1cn(-c2ccccc2Cl)c(=O)[nH]c1=O. The molecule has 0 bridgehead atoms. The number of para-hydroxylation sites is 1. The van der Waals surface area contributed by atoms with Crippen LogP contribution in [0.4, 0.5) is 0 Å². The monoisotopic (exact) mass is 266 g/mol. The third-order valence-corrected chi connectivity index (χ3v) is 2.60. The fourth-order valence-corrected chi connectivity index (χ4v) is 1.68. The molecule has 2 N–H and O–H groups in total. The van der Waals surface area contributed by atoms with Crippen LogP contribution in [0.15, 0.2) is 40.1 Å². The molecule has 6 nitrogen and oxygen atoms in total. The van der Waals surface area contributed by atoms with Crippen LogP contribution in [0.5, 0.6) is 0 Å². The molecule has 0 aliphatic rings. The number of benzene rings is 1. The number of rotatable bonds is 2. The molecule has 0 unspecified atom stereocenters. The second kappa shape index (κ2) is 4.50. The van der Waals surface area contributed by atoms with Crippen molar-refractivity contribution in [2.75, 3.05) is 0 Å². The number of aromatic nitrogens is 2. The zero-order valence-corrected chi connectivity index (χ0v) is 9.64. The number of carboxylic acids is 1. The van der Waals surface area contributed by atoms with E-state index in [-0.39, 0.29) is 5.02 Å². The highest BCUT2D eigenvalue weighted by molar-refractivity contribution is 6.32. The lowest BCUT2D eigenvalue weighted by molar-refractivity contribution is 0.0694. The molecule has 18 heavy (non-hydrogen) atoms. The molecule has 2 rings (SSSR count). The largest absolute Gasteiger partial charge is 0.477 e. The minimum atomic E-state index is -1.42. The highest BCUT2D eigenvalue weighted by Crippen LogP contribution is 2.17. The van der Waals surface area contributed by atoms with Gasteiger partial charge in [0, 0.05) is 6.20 Å². The molecule has 0 saturated carbocycles. The Kier molecular flexibility index (Phi) is 3.03. The van der Waals surface area contributed by atoms with Gasteiger partial charge in [0.25, 0.3) is 5.56 Å². The maximum absolute atomic E-state index is 11.6. The van der Waals surface area contributed by atoms with Crippen molar-refractivity contribution in [3.63, 3.8) is 0 Å². The summed E-state index contributed by atoms with van der Waals surface area (Å²) in [5, 5.41) is 9.10. The van der Waals surface area contributed by atoms with Crippen molar-refractivity contribution >= 4 is 17.6 Å². The first-order valence-electron chi connectivity index (χ1n) is 4.85. The van der Waals surface area contributed by atoms with Gasteiger partial charge in [0.2, 0.25) is 0 Å². The van der Waals surface area contributed by atoms with Crippen LogP contribution in [-0.4, -0.2) is 20.6 Å². The van der Waals surface area contributed by atoms with Gasteiger partial charge in [0.15, 0.2) is 0 Å². The Hall–Kier alpha value is -2.34. The van der Waals surface area contributed by atoms with E-state index in [1.54, 1.807) is 18.2 Å². The lowest BCUT2D eigenvalue weighted by atomic mass is 10.3. The average Bonchev–Trinajstić information content (AvgIpc) is 2.30. The number of carboxylic acid groups (broad SMARTS) is 1. The molecule has 0 radical (unpaired) electrons. The summed E-state index contributed by atoms with van der Waals surface area (Å²) >= 11 is 5.90. The summed E-state index contributed by atoms with van der Waals surface area (Å²) in [5.74, 6) is -1.42. The maximum atomic E-state index is 11.6. The first kappa shape index (κ1) is 12.1. The van der Waals surface area contributed by atoms with Gasteiger partial charge in [-0.2, -0.15) is 0 Å². The first-order chi connectivity index (χ1) is 8.50. The van der Waals surface area contributed by atoms with E-state index in [1.165, 1.54) is 6.07 Å². The van der Waals surface area contributed by atoms with E-state index in [0.717, 1.165) is 10.8 Å². The number of hydrogen-bond acceptors (Lipinski definition) is 3. The summed E-state index contributed by atoms with van der Waals surface area (Å²) in [6, 6.07) is 6.39. The number of halogens is 1. The van der Waals surface area contributed by atoms with Crippen LogP contribution in [0.1, 0.15) is 10.4 Å². The first-order valence-corrected chi connectivity index (χ1v) is 5.22. The molecular weight excluding hydrogens is 260 g/mol. The summed E-state index contributed by atoms with van der Waals surface area (Å²) in [6.07, 6.45) is 0.949. The molecule has 0 aliphatic heterocycles. The number of nitrogens with one attached hydrogen (secondary N) is 1. The standard InChI is InChI=1S/C11H7ClN2O4/c12-7-3-1-2-4-8(7)14-5-6(10(16)17)9(15)13-11(14)18/h1-5H,(H,16,17)(H,13,15,18). The van der Waals surface area contributed by atoms with E-state index in [4.69, 9.17) is 16.7 Å². The maximum Gasteiger partial charge on any atom is 0.342 e. The summed E-state index contributed by atoms with van der Waals surface area (Å²) in [4.78, 5) is 35.7. The van der Waals surface area contributed by atoms with Crippen molar-refractivity contribution in [3.05, 3.63) is 61.9 Å². The van der Waals surface area contributed by atoms with Crippen molar-refractivity contribution in [3.8, 4) is 5.69 Å². The van der Waals surface area contributed by atoms with E-state index >= 15 is 0 Å². The summed E-state index contributed by atoms with van der Waals surface area (Å²) in [5.41, 5.74) is -1.94. The van der Waals surface area contributed by atoms with Crippen LogP contribution < -0.4 is 11.2 Å². The third-order valence-electron chi connectivity index (χ3n) is 2.28. The van der Waals surface area contributed by atoms with Crippen molar-refractivity contribution < 1.29 is 9.90 Å². The van der Waals surface area contributed by atoms with E-state index in [2.05, 4.69) is 0 Å². The van der Waals surface area contributed by atoms with Gasteiger partial charge in [-0.25, -0.2) is 9.59 Å². The molecule has 1 aromatic carbocycles. The number of hydrogen-bond donors (Lipinski definition) is 2. The zero-order valence-electron chi connectivity index (χ0n) is 8.88. The molecule has 1 aromatic heterocycles. The number of aromatic carboxylic acids is 1. The lowest BCUT2D eigenvalue weighted by Crippen LogP contribution is -2.32. The molecule has 2 aromatic rings. The minimum Gasteiger partial charge on any atom is -0.477 e. The predicted molar refractivity (Wildman–Crippen MR) is 64.6 cm³/mol. The smallest absolute Gasteiger partial charge is 0.342 e. The predicted octanol–water partition coefficient (Wildman–Crippen LogP) is 0.877. The fourth-order valence-electron chi connectivity index (χ4n) is 1.45. The Labute approximate surface area is 105 Å². The fraction of sp³-hybridized carbons (Fsp3) is 0. The average molecular weight is 267 g/mol. The van der Waals surface area contributed by atoms with Crippen LogP contribution in [0.25, 0.3) is 5.69 Å². The molecule has 0 fully saturated rings. The molecular formula is C11H7ClN2O4. The summed E-state index contributed by atoms with van der Waals surface area (Å²) in [7, 11) is 0. The van der Waals surface area contributed by atoms with Gasteiger partial charge >= 0.3 is 11.7 Å². The molecule has 92 valence electrons. The van der Waals surface area contributed by atoms with E-state index in [0.29, 0.717) is 5.69 Å². The molecule has 0 atom stereocenters. The van der Waals surface area contributed by atoms with Gasteiger partial charge in [-0.1, -0.05) is 23.7 Å². The van der Waals surface area contributed by atoms with Gasteiger partial charge in [0.1, 0.15) is 5.56 Å². The van der Waals surface area contributed by atoms with Crippen molar-refractivity contribution in [1.82, 2.24) is 9.55 Å². The molecule has 7 heteroatoms. The molecule has 0 amide bonds. The summed E-state index contributed by atoms with van der Waals surface area (Å²) in [6.45, 7) is 0. The number of nitrogens with zero attached hydrogens (tertiary/aromatic N) is 1. The highest BCUT2D eigenvalue weighted by Gasteiger charge is 2.13. The zero-order chi connectivity index (χ0) is 13.3. The third kappa shape index (κ3) is 2.05. The van der Waals surface area contributed by atoms with Gasteiger partial charge in [-0.05, 0) is 12.1 Å². The van der Waals surface area contributed by atoms with Gasteiger partial charge in [-0.3, -0.25) is 14.3 Å². The lowest BCUT2D eigenvalue weighted by Gasteiger charge is -2.07. The molecule has 0 saturated heterocycles. The van der Waals surface area contributed by atoms with Crippen molar-refractivity contribution in [1.29, 1.82) is 0 Å². The van der Waals surface area contributed by atoms with Gasteiger partial charge in [-0.15, -0.1) is 0 Å². The normalized spacial score (nSPS) is 10.3. The Morgan fingerprint density at radius 2 is 1.94 bits per heavy atom. The van der Waals surface area contributed by atoms with Crippen LogP contribution in [-0.2, 0) is 0 Å². The van der Waals surface area contributed by atoms with Crippen molar-refractivity contribution in [2.45, 2.75) is 0 Å². The quantitative estimate of drug-likeness (QED) is 0.844. The Morgan fingerprint density at radius 1 is 1.28 bits per heavy atom. The van der Waals surface area contributed by atoms with Crippen LogP contribution in [0.2, 0.25) is 5.02 Å². The van der Waals surface area contributed by atoms with Crippen LogP contribution in [0.3, 0.4) is 0 Å². The Bertz CT molecular complexity index is 732. The number of aromatic amines is 1. The topological polar surface area (TPSA) is 92.2 Å². The Morgan fingerprint density at radius 3 is 2.56 bits per heavy atom. The van der Waals surface area contributed by atoms with Crippen LogP contribution in [0, 0.1) is 0 Å². The molecule has 0 spiro atoms. The molecule has 0 aliphatic carbocycles. The highest BCUT2D eigenvalue weighted by atomic mass is 35.5. The second-order valence-corrected chi connectivity index (χ2v) is 3.84. The summed E-state index contributed by atoms with van der Waals surface area (Å²) < 4.78 is 0.979. The van der Waals surface area contributed by atoms with Gasteiger partial charge in [0.05, 0.1) is 10.7 Å². The van der Waals surface area contributed by atoms with Gasteiger partial charge < -0.3 is 5.11 Å². The van der Waals surface area contributed by atoms with E-state index in [1.807, 2.05) is 4.98 Å². The van der Waals surface area contributed by atoms with Crippen LogP contribution >= 0.6 is 11.6 Å². The minimum absolute atomic E-state index is 0.267. The number of carbonyl (C=O) groups is 1. The van der Waals surface area contributed by atoms with E-state index < -0.39 is 22.8 Å². The number of H-pyrrole nitrogens is 1.